The summed E-state index contributed by atoms with van der Waals surface area (Å²) in [5.74, 6) is 1.64. The van der Waals surface area contributed by atoms with E-state index >= 15 is 0 Å². The van der Waals surface area contributed by atoms with E-state index in [2.05, 4.69) is 26.6 Å². The second-order valence-corrected chi connectivity index (χ2v) is 8.23. The molecule has 0 saturated heterocycles. The maximum absolute atomic E-state index is 11.5. The first-order chi connectivity index (χ1) is 15.5. The number of aryl methyl sites for hydroxylation is 2. The summed E-state index contributed by atoms with van der Waals surface area (Å²) in [6, 6.07) is 5.20. The first-order valence-corrected chi connectivity index (χ1v) is 10.8. The number of nitrogens with zero attached hydrogens (tertiary/aromatic N) is 7. The minimum Gasteiger partial charge on any atom is -0.473 e. The SMILES string of the molecule is CNc1cc2c(C3CCC(Oc4ccc(=O)n(C)n4)CC3)nn(-c3cnn(C)c3)c2cn1. The van der Waals surface area contributed by atoms with Crippen molar-refractivity contribution >= 4 is 16.7 Å². The van der Waals surface area contributed by atoms with Crippen molar-refractivity contribution in [3.05, 3.63) is 52.8 Å². The molecule has 166 valence electrons. The van der Waals surface area contributed by atoms with Gasteiger partial charge in [-0.3, -0.25) is 9.48 Å². The molecule has 4 heterocycles. The summed E-state index contributed by atoms with van der Waals surface area (Å²) in [7, 11) is 5.40. The van der Waals surface area contributed by atoms with Crippen LogP contribution in [0.3, 0.4) is 0 Å². The van der Waals surface area contributed by atoms with Gasteiger partial charge in [0.05, 0.1) is 29.8 Å². The Labute approximate surface area is 184 Å². The highest BCUT2D eigenvalue weighted by atomic mass is 16.5. The van der Waals surface area contributed by atoms with Crippen LogP contribution in [0.25, 0.3) is 16.6 Å². The van der Waals surface area contributed by atoms with Gasteiger partial charge >= 0.3 is 0 Å². The van der Waals surface area contributed by atoms with Crippen molar-refractivity contribution in [2.24, 2.45) is 14.1 Å². The van der Waals surface area contributed by atoms with Crippen molar-refractivity contribution in [3.63, 3.8) is 0 Å². The van der Waals surface area contributed by atoms with Gasteiger partial charge in [-0.25, -0.2) is 14.3 Å². The Kier molecular flexibility index (Phi) is 5.12. The van der Waals surface area contributed by atoms with Gasteiger partial charge in [0, 0.05) is 44.6 Å². The Morgan fingerprint density at radius 1 is 1.09 bits per heavy atom. The fourth-order valence-electron chi connectivity index (χ4n) is 4.36. The molecule has 4 aromatic heterocycles. The molecule has 0 aliphatic heterocycles. The number of ether oxygens (including phenoxy) is 1. The minimum absolute atomic E-state index is 0.0810. The van der Waals surface area contributed by atoms with E-state index in [1.54, 1.807) is 17.8 Å². The number of fused-ring (bicyclic) bond motifs is 1. The van der Waals surface area contributed by atoms with E-state index in [0.29, 0.717) is 11.8 Å². The third kappa shape index (κ3) is 3.72. The number of anilines is 1. The number of nitrogens with one attached hydrogen (secondary N) is 1. The molecule has 1 aliphatic rings. The van der Waals surface area contributed by atoms with Gasteiger partial charge in [-0.05, 0) is 31.7 Å². The van der Waals surface area contributed by atoms with Crippen LogP contribution in [0.15, 0.2) is 41.6 Å². The molecular formula is C22H26N8O2. The first-order valence-electron chi connectivity index (χ1n) is 10.8. The van der Waals surface area contributed by atoms with E-state index in [-0.39, 0.29) is 11.7 Å². The fraction of sp³-hybridized carbons (Fsp3) is 0.409. The van der Waals surface area contributed by atoms with Crippen molar-refractivity contribution in [2.45, 2.75) is 37.7 Å². The number of rotatable bonds is 5. The molecule has 0 unspecified atom stereocenters. The first kappa shape index (κ1) is 20.2. The molecule has 10 nitrogen and oxygen atoms in total. The molecule has 4 aromatic rings. The number of hydrogen-bond acceptors (Lipinski definition) is 7. The Bertz CT molecular complexity index is 1310. The number of aromatic nitrogens is 7. The van der Waals surface area contributed by atoms with Gasteiger partial charge in [0.2, 0.25) is 5.88 Å². The topological polar surface area (TPSA) is 105 Å². The smallest absolute Gasteiger partial charge is 0.266 e. The molecule has 1 fully saturated rings. The third-order valence-corrected chi connectivity index (χ3v) is 6.07. The molecule has 1 N–H and O–H groups in total. The zero-order chi connectivity index (χ0) is 22.2. The molecule has 1 aliphatic carbocycles. The van der Waals surface area contributed by atoms with Gasteiger partial charge in [0.15, 0.2) is 0 Å². The quantitative estimate of drug-likeness (QED) is 0.514. The zero-order valence-electron chi connectivity index (χ0n) is 18.4. The normalized spacial score (nSPS) is 18.7. The lowest BCUT2D eigenvalue weighted by Crippen LogP contribution is -2.26. The van der Waals surface area contributed by atoms with Gasteiger partial charge in [0.1, 0.15) is 17.6 Å². The predicted molar refractivity (Wildman–Crippen MR) is 120 cm³/mol. The van der Waals surface area contributed by atoms with Crippen molar-refractivity contribution in [1.29, 1.82) is 0 Å². The second-order valence-electron chi connectivity index (χ2n) is 8.23. The second kappa shape index (κ2) is 8.10. The molecular weight excluding hydrogens is 408 g/mol. The molecule has 0 spiro atoms. The molecule has 32 heavy (non-hydrogen) atoms. The van der Waals surface area contributed by atoms with Crippen LogP contribution in [0.4, 0.5) is 5.82 Å². The van der Waals surface area contributed by atoms with Crippen molar-refractivity contribution in [2.75, 3.05) is 12.4 Å². The Hall–Kier alpha value is -3.69. The summed E-state index contributed by atoms with van der Waals surface area (Å²) in [6.45, 7) is 0. The molecule has 5 rings (SSSR count). The van der Waals surface area contributed by atoms with Gasteiger partial charge in [0.25, 0.3) is 5.56 Å². The van der Waals surface area contributed by atoms with E-state index in [4.69, 9.17) is 9.84 Å². The Morgan fingerprint density at radius 2 is 1.91 bits per heavy atom. The maximum atomic E-state index is 11.5. The average Bonchev–Trinajstić information content (AvgIpc) is 3.40. The van der Waals surface area contributed by atoms with Crippen molar-refractivity contribution < 1.29 is 4.74 Å². The van der Waals surface area contributed by atoms with E-state index in [0.717, 1.165) is 53.8 Å². The van der Waals surface area contributed by atoms with Crippen LogP contribution in [-0.4, -0.2) is 47.5 Å². The van der Waals surface area contributed by atoms with Crippen molar-refractivity contribution in [3.8, 4) is 11.6 Å². The van der Waals surface area contributed by atoms with Gasteiger partial charge in [-0.2, -0.15) is 10.2 Å². The van der Waals surface area contributed by atoms with Crippen molar-refractivity contribution in [1.82, 2.24) is 34.3 Å². The van der Waals surface area contributed by atoms with E-state index < -0.39 is 0 Å². The highest BCUT2D eigenvalue weighted by molar-refractivity contribution is 5.85. The minimum atomic E-state index is -0.146. The van der Waals surface area contributed by atoms with Crippen LogP contribution in [0, 0.1) is 0 Å². The van der Waals surface area contributed by atoms with Crippen LogP contribution < -0.4 is 15.6 Å². The maximum Gasteiger partial charge on any atom is 0.266 e. The van der Waals surface area contributed by atoms with Gasteiger partial charge < -0.3 is 10.1 Å². The molecule has 0 radical (unpaired) electrons. The van der Waals surface area contributed by atoms with E-state index in [1.165, 1.54) is 10.7 Å². The molecule has 10 heteroatoms. The standard InChI is InChI=1S/C22H26N8O2/c1-23-19-10-17-18(12-24-19)30(15-11-25-28(2)13-15)27-22(17)14-4-6-16(7-5-14)32-20-8-9-21(31)29(3)26-20/h8-14,16H,4-7H2,1-3H3,(H,23,24). The summed E-state index contributed by atoms with van der Waals surface area (Å²) in [4.78, 5) is 16.0. The Morgan fingerprint density at radius 3 is 2.59 bits per heavy atom. The summed E-state index contributed by atoms with van der Waals surface area (Å²) in [5, 5.41) is 17.7. The molecule has 0 bridgehead atoms. The Balaban J connectivity index is 1.40. The number of hydrogen-bond donors (Lipinski definition) is 1. The van der Waals surface area contributed by atoms with Gasteiger partial charge in [-0.15, -0.1) is 5.10 Å². The average molecular weight is 435 g/mol. The summed E-state index contributed by atoms with van der Waals surface area (Å²) >= 11 is 0. The van der Waals surface area contributed by atoms with Gasteiger partial charge in [-0.1, -0.05) is 0 Å². The lowest BCUT2D eigenvalue weighted by atomic mass is 9.84. The molecule has 0 atom stereocenters. The molecule has 1 saturated carbocycles. The zero-order valence-corrected chi connectivity index (χ0v) is 18.4. The third-order valence-electron chi connectivity index (χ3n) is 6.07. The lowest BCUT2D eigenvalue weighted by molar-refractivity contribution is 0.137. The summed E-state index contributed by atoms with van der Waals surface area (Å²) in [5.41, 5.74) is 2.83. The monoisotopic (exact) mass is 434 g/mol. The summed E-state index contributed by atoms with van der Waals surface area (Å²) < 4.78 is 11.0. The van der Waals surface area contributed by atoms with E-state index in [1.807, 2.05) is 37.4 Å². The molecule has 0 amide bonds. The van der Waals surface area contributed by atoms with Crippen LogP contribution in [0.1, 0.15) is 37.3 Å². The summed E-state index contributed by atoms with van der Waals surface area (Å²) in [6.07, 6.45) is 9.45. The highest BCUT2D eigenvalue weighted by Gasteiger charge is 2.28. The van der Waals surface area contributed by atoms with Crippen LogP contribution in [0.5, 0.6) is 5.88 Å². The van der Waals surface area contributed by atoms with E-state index in [9.17, 15) is 4.79 Å². The lowest BCUT2D eigenvalue weighted by Gasteiger charge is -2.28. The fourth-order valence-corrected chi connectivity index (χ4v) is 4.36. The van der Waals surface area contributed by atoms with Crippen LogP contribution >= 0.6 is 0 Å². The number of pyridine rings is 1. The van der Waals surface area contributed by atoms with Crippen LogP contribution in [-0.2, 0) is 14.1 Å². The van der Waals surface area contributed by atoms with Crippen LogP contribution in [0.2, 0.25) is 0 Å². The molecule has 0 aromatic carbocycles. The largest absolute Gasteiger partial charge is 0.473 e. The predicted octanol–water partition coefficient (Wildman–Crippen LogP) is 2.39. The highest BCUT2D eigenvalue weighted by Crippen LogP contribution is 2.38.